The molecule has 186 valence electrons. The van der Waals surface area contributed by atoms with Gasteiger partial charge in [0.15, 0.2) is 0 Å². The molecule has 1 nitrogen and oxygen atoms in total. The van der Waals surface area contributed by atoms with Crippen LogP contribution in [0.15, 0.2) is 138 Å². The topological polar surface area (TPSA) is 13.1 Å². The molecule has 0 unspecified atom stereocenters. The van der Waals surface area contributed by atoms with Gasteiger partial charge in [-0.15, -0.1) is 11.3 Å². The predicted octanol–water partition coefficient (Wildman–Crippen LogP) is 11.6. The predicted molar refractivity (Wildman–Crippen MR) is 172 cm³/mol. The minimum absolute atomic E-state index is 0.166. The lowest BCUT2D eigenvalue weighted by Gasteiger charge is -2.18. The van der Waals surface area contributed by atoms with Crippen LogP contribution in [0, 0.1) is 0 Å². The summed E-state index contributed by atoms with van der Waals surface area (Å²) in [7, 11) is 0. The van der Waals surface area contributed by atoms with Crippen molar-refractivity contribution in [2.45, 2.75) is 0 Å². The lowest BCUT2D eigenvalue weighted by Crippen LogP contribution is -1.91. The van der Waals surface area contributed by atoms with E-state index in [2.05, 4.69) is 0 Å². The lowest BCUT2D eigenvalue weighted by molar-refractivity contribution is 0.670. The van der Waals surface area contributed by atoms with Crippen molar-refractivity contribution in [3.63, 3.8) is 0 Å². The molecule has 0 bridgehead atoms. The highest BCUT2D eigenvalue weighted by Gasteiger charge is 2.21. The highest BCUT2D eigenvalue weighted by molar-refractivity contribution is 7.26. The number of thiophene rings is 1. The molecule has 40 heavy (non-hydrogen) atoms. The molecule has 0 aliphatic rings. The summed E-state index contributed by atoms with van der Waals surface area (Å²) >= 11 is 1.54. The number of fused-ring (bicyclic) bond motifs is 8. The molecule has 0 saturated heterocycles. The Morgan fingerprint density at radius 2 is 1.02 bits per heavy atom. The zero-order valence-electron chi connectivity index (χ0n) is 28.9. The van der Waals surface area contributed by atoms with Crippen molar-refractivity contribution in [1.29, 1.82) is 0 Å². The van der Waals surface area contributed by atoms with Crippen LogP contribution >= 0.6 is 11.3 Å². The van der Waals surface area contributed by atoms with E-state index in [4.69, 9.17) is 9.90 Å². The van der Waals surface area contributed by atoms with E-state index in [0.717, 1.165) is 30.9 Å². The van der Waals surface area contributed by atoms with E-state index >= 15 is 0 Å². The van der Waals surface area contributed by atoms with Crippen LogP contribution in [0.2, 0.25) is 0 Å². The molecule has 2 heteroatoms. The van der Waals surface area contributed by atoms with Crippen molar-refractivity contribution >= 4 is 75.0 Å². The van der Waals surface area contributed by atoms with E-state index in [9.17, 15) is 5.48 Å². The Balaban J connectivity index is 1.61. The molecule has 0 amide bonds. The van der Waals surface area contributed by atoms with Gasteiger partial charge in [-0.25, -0.2) is 0 Å². The van der Waals surface area contributed by atoms with Gasteiger partial charge in [0.25, 0.3) is 0 Å². The first kappa shape index (κ1) is 15.6. The van der Waals surface area contributed by atoms with Gasteiger partial charge >= 0.3 is 0 Å². The molecule has 2 heterocycles. The Kier molecular flexibility index (Phi) is 3.24. The van der Waals surface area contributed by atoms with Crippen LogP contribution in [-0.4, -0.2) is 0 Å². The number of para-hydroxylation sites is 2. The summed E-state index contributed by atoms with van der Waals surface area (Å²) in [5, 5.41) is 4.33. The van der Waals surface area contributed by atoms with Gasteiger partial charge in [-0.1, -0.05) is 121 Å². The van der Waals surface area contributed by atoms with E-state index in [1.54, 1.807) is 17.4 Å². The second-order valence-corrected chi connectivity index (χ2v) is 10.9. The third-order valence-corrected chi connectivity index (χ3v) is 8.94. The molecule has 0 aliphatic heterocycles. The van der Waals surface area contributed by atoms with Gasteiger partial charge in [-0.2, -0.15) is 0 Å². The molecule has 0 aliphatic carbocycles. The third kappa shape index (κ3) is 2.97. The van der Waals surface area contributed by atoms with Crippen molar-refractivity contribution in [2.24, 2.45) is 0 Å². The SMILES string of the molecule is [2H]c1c([2H])c([2H])c2c(-c3cccc4c3sc3ccccc34)c3c([2H])c([2H])c([2H])c([2H])c3c(-c3cccc4c3oc3ccccc34)c2c1[2H]. The number of benzene rings is 7. The summed E-state index contributed by atoms with van der Waals surface area (Å²) in [6.45, 7) is 0. The molecular formula is C38H22OS. The molecule has 0 N–H and O–H groups in total. The van der Waals surface area contributed by atoms with E-state index < -0.39 is 24.2 Å². The molecule has 0 atom stereocenters. The summed E-state index contributed by atoms with van der Waals surface area (Å²) in [5.74, 6) is 0. The number of furan rings is 1. The van der Waals surface area contributed by atoms with Gasteiger partial charge < -0.3 is 4.42 Å². The summed E-state index contributed by atoms with van der Waals surface area (Å²) in [5.41, 5.74) is 2.81. The first-order chi connectivity index (χ1) is 23.2. The van der Waals surface area contributed by atoms with Gasteiger partial charge in [-0.3, -0.25) is 0 Å². The van der Waals surface area contributed by atoms with Crippen LogP contribution in [0.4, 0.5) is 0 Å². The fourth-order valence-electron chi connectivity index (χ4n) is 6.05. The minimum atomic E-state index is -0.434. The zero-order chi connectivity index (χ0) is 33.2. The highest BCUT2D eigenvalue weighted by atomic mass is 32.1. The quantitative estimate of drug-likeness (QED) is 0.201. The van der Waals surface area contributed by atoms with Crippen LogP contribution in [0.1, 0.15) is 11.0 Å². The van der Waals surface area contributed by atoms with Crippen molar-refractivity contribution in [1.82, 2.24) is 0 Å². The van der Waals surface area contributed by atoms with Gasteiger partial charge in [0, 0.05) is 47.6 Å². The fraction of sp³-hybridized carbons (Fsp3) is 0. The number of hydrogen-bond donors (Lipinski definition) is 0. The van der Waals surface area contributed by atoms with Crippen LogP contribution in [0.25, 0.3) is 85.9 Å². The summed E-state index contributed by atoms with van der Waals surface area (Å²) in [6.07, 6.45) is 0. The lowest BCUT2D eigenvalue weighted by atomic mass is 9.85. The highest BCUT2D eigenvalue weighted by Crippen LogP contribution is 2.49. The largest absolute Gasteiger partial charge is 0.455 e. The second-order valence-electron chi connectivity index (χ2n) is 9.81. The van der Waals surface area contributed by atoms with E-state index in [-0.39, 0.29) is 51.3 Å². The first-order valence-electron chi connectivity index (χ1n) is 17.0. The van der Waals surface area contributed by atoms with Crippen molar-refractivity contribution in [3.8, 4) is 22.3 Å². The maximum atomic E-state index is 9.33. The van der Waals surface area contributed by atoms with Crippen LogP contribution in [0.5, 0.6) is 0 Å². The van der Waals surface area contributed by atoms with E-state index in [0.29, 0.717) is 27.9 Å². The van der Waals surface area contributed by atoms with Gasteiger partial charge in [0.05, 0.1) is 11.0 Å². The maximum Gasteiger partial charge on any atom is 0.143 e. The molecular weight excluding hydrogens is 504 g/mol. The molecule has 7 aromatic carbocycles. The number of hydrogen-bond acceptors (Lipinski definition) is 2. The van der Waals surface area contributed by atoms with Gasteiger partial charge in [-0.05, 0) is 39.2 Å². The van der Waals surface area contributed by atoms with E-state index in [1.165, 1.54) is 0 Å². The summed E-state index contributed by atoms with van der Waals surface area (Å²) < 4.78 is 80.7. The molecule has 9 aromatic rings. The average molecular weight is 535 g/mol. The Labute approximate surface area is 245 Å². The van der Waals surface area contributed by atoms with Gasteiger partial charge in [0.2, 0.25) is 0 Å². The first-order valence-corrected chi connectivity index (χ1v) is 13.8. The summed E-state index contributed by atoms with van der Waals surface area (Å²) in [4.78, 5) is 0. The van der Waals surface area contributed by atoms with Crippen LogP contribution in [0.3, 0.4) is 0 Å². The zero-order valence-corrected chi connectivity index (χ0v) is 21.7. The van der Waals surface area contributed by atoms with E-state index in [1.807, 2.05) is 78.9 Å². The molecule has 0 spiro atoms. The molecule has 0 radical (unpaired) electrons. The van der Waals surface area contributed by atoms with Gasteiger partial charge in [0.1, 0.15) is 11.2 Å². The standard InChI is InChI=1S/C38H22OS/c1-3-15-27-25(13-1)35(31-19-9-17-29-23-11-5-7-21-33(23)39-37(29)31)26-14-2-4-16-28(26)36(27)32-20-10-18-30-24-12-6-8-22-34(24)40-38(30)32/h1-22H/i1D,2D,3D,4D,13D,14D,15D,16D. The second kappa shape index (κ2) is 8.29. The van der Waals surface area contributed by atoms with Crippen LogP contribution < -0.4 is 0 Å². The van der Waals surface area contributed by atoms with Crippen LogP contribution in [-0.2, 0) is 0 Å². The Hall–Kier alpha value is -4.92. The Morgan fingerprint density at radius 3 is 1.75 bits per heavy atom. The monoisotopic (exact) mass is 534 g/mol. The number of rotatable bonds is 2. The Morgan fingerprint density at radius 1 is 0.475 bits per heavy atom. The third-order valence-electron chi connectivity index (χ3n) is 7.72. The molecule has 0 saturated carbocycles. The average Bonchev–Trinajstić information content (AvgIpc) is 3.69. The smallest absolute Gasteiger partial charge is 0.143 e. The maximum absolute atomic E-state index is 9.33. The normalized spacial score (nSPS) is 14.8. The molecule has 0 fully saturated rings. The molecule has 9 rings (SSSR count). The Bertz CT molecular complexity index is 2610. The fourth-order valence-corrected chi connectivity index (χ4v) is 7.27. The van der Waals surface area contributed by atoms with Crippen molar-refractivity contribution in [2.75, 3.05) is 0 Å². The van der Waals surface area contributed by atoms with Crippen molar-refractivity contribution in [3.05, 3.63) is 133 Å². The van der Waals surface area contributed by atoms with Crippen molar-refractivity contribution < 1.29 is 15.4 Å². The molecule has 2 aromatic heterocycles. The summed E-state index contributed by atoms with van der Waals surface area (Å²) in [6, 6.07) is 23.9. The minimum Gasteiger partial charge on any atom is -0.455 e.